The second-order valence-electron chi connectivity index (χ2n) is 4.38. The van der Waals surface area contributed by atoms with E-state index in [0.29, 0.717) is 13.2 Å². The Bertz CT molecular complexity index is 269. The maximum Gasteiger partial charge on any atom is 0.0717 e. The Hall–Kier alpha value is -0.860. The lowest BCUT2D eigenvalue weighted by Crippen LogP contribution is -2.40. The number of hydrogen-bond donors (Lipinski definition) is 1. The Morgan fingerprint density at radius 2 is 1.93 bits per heavy atom. The molecule has 84 valence electrons. The molecule has 0 radical (unpaired) electrons. The van der Waals surface area contributed by atoms with Crippen molar-refractivity contribution >= 4 is 0 Å². The molecule has 2 N–H and O–H groups in total. The van der Waals surface area contributed by atoms with Crippen LogP contribution in [-0.2, 0) is 11.3 Å². The fourth-order valence-electron chi connectivity index (χ4n) is 1.62. The zero-order chi connectivity index (χ0) is 11.1. The first-order chi connectivity index (χ1) is 7.14. The summed E-state index contributed by atoms with van der Waals surface area (Å²) < 4.78 is 5.61. The Labute approximate surface area is 92.4 Å². The molecule has 0 aliphatic rings. The molecule has 1 atom stereocenters. The summed E-state index contributed by atoms with van der Waals surface area (Å²) in [4.78, 5) is 0. The van der Waals surface area contributed by atoms with E-state index < -0.39 is 0 Å². The summed E-state index contributed by atoms with van der Waals surface area (Å²) in [6.45, 7) is 5.46. The molecule has 0 spiro atoms. The quantitative estimate of drug-likeness (QED) is 0.778. The van der Waals surface area contributed by atoms with Crippen LogP contribution in [0.4, 0.5) is 0 Å². The van der Waals surface area contributed by atoms with Crippen molar-refractivity contribution in [3.8, 4) is 0 Å². The topological polar surface area (TPSA) is 35.2 Å². The van der Waals surface area contributed by atoms with Crippen LogP contribution in [0.15, 0.2) is 30.3 Å². The smallest absolute Gasteiger partial charge is 0.0717 e. The van der Waals surface area contributed by atoms with E-state index in [-0.39, 0.29) is 5.54 Å². The van der Waals surface area contributed by atoms with Gasteiger partial charge >= 0.3 is 0 Å². The molecule has 1 rings (SSSR count). The number of nitrogens with two attached hydrogens (primary N) is 1. The summed E-state index contributed by atoms with van der Waals surface area (Å²) in [7, 11) is 0. The zero-order valence-electron chi connectivity index (χ0n) is 9.70. The summed E-state index contributed by atoms with van der Waals surface area (Å²) in [5, 5.41) is 0. The highest BCUT2D eigenvalue weighted by Crippen LogP contribution is 2.10. The summed E-state index contributed by atoms with van der Waals surface area (Å²) in [6.07, 6.45) is 2.10. The molecule has 15 heavy (non-hydrogen) atoms. The molecule has 0 saturated carbocycles. The van der Waals surface area contributed by atoms with Gasteiger partial charge in [-0.1, -0.05) is 43.7 Å². The molecule has 1 unspecified atom stereocenters. The molecule has 2 heteroatoms. The lowest BCUT2D eigenvalue weighted by Gasteiger charge is -2.23. The van der Waals surface area contributed by atoms with E-state index in [0.717, 1.165) is 12.8 Å². The third-order valence-electron chi connectivity index (χ3n) is 2.36. The van der Waals surface area contributed by atoms with Crippen molar-refractivity contribution in [3.05, 3.63) is 35.9 Å². The number of benzene rings is 1. The molecule has 0 amide bonds. The molecule has 0 bridgehead atoms. The van der Waals surface area contributed by atoms with Crippen molar-refractivity contribution < 1.29 is 4.74 Å². The fourth-order valence-corrected chi connectivity index (χ4v) is 1.62. The van der Waals surface area contributed by atoms with Crippen LogP contribution in [0.5, 0.6) is 0 Å². The van der Waals surface area contributed by atoms with Crippen LogP contribution in [0, 0.1) is 0 Å². The molecule has 1 aromatic carbocycles. The van der Waals surface area contributed by atoms with Gasteiger partial charge in [0.25, 0.3) is 0 Å². The van der Waals surface area contributed by atoms with Gasteiger partial charge in [0.2, 0.25) is 0 Å². The lowest BCUT2D eigenvalue weighted by atomic mass is 9.99. The standard InChI is InChI=1S/C13H21NO/c1-3-9-13(2,14)11-15-10-12-7-5-4-6-8-12/h4-8H,3,9-11,14H2,1-2H3. The van der Waals surface area contributed by atoms with E-state index in [1.807, 2.05) is 25.1 Å². The van der Waals surface area contributed by atoms with Crippen molar-refractivity contribution in [1.82, 2.24) is 0 Å². The van der Waals surface area contributed by atoms with Crippen LogP contribution in [0.3, 0.4) is 0 Å². The van der Waals surface area contributed by atoms with Gasteiger partial charge in [0.15, 0.2) is 0 Å². The SMILES string of the molecule is CCCC(C)(N)COCc1ccccc1. The zero-order valence-corrected chi connectivity index (χ0v) is 9.70. The third-order valence-corrected chi connectivity index (χ3v) is 2.36. The monoisotopic (exact) mass is 207 g/mol. The molecular weight excluding hydrogens is 186 g/mol. The van der Waals surface area contributed by atoms with Crippen LogP contribution >= 0.6 is 0 Å². The molecule has 0 aliphatic heterocycles. The molecule has 0 heterocycles. The highest BCUT2D eigenvalue weighted by molar-refractivity contribution is 5.13. The van der Waals surface area contributed by atoms with Gasteiger partial charge in [-0.05, 0) is 18.9 Å². The van der Waals surface area contributed by atoms with Gasteiger partial charge in [-0.3, -0.25) is 0 Å². The van der Waals surface area contributed by atoms with E-state index in [4.69, 9.17) is 10.5 Å². The summed E-state index contributed by atoms with van der Waals surface area (Å²) in [6, 6.07) is 10.2. The van der Waals surface area contributed by atoms with Crippen molar-refractivity contribution in [1.29, 1.82) is 0 Å². The van der Waals surface area contributed by atoms with Gasteiger partial charge in [0, 0.05) is 5.54 Å². The van der Waals surface area contributed by atoms with Crippen LogP contribution in [-0.4, -0.2) is 12.1 Å². The van der Waals surface area contributed by atoms with Gasteiger partial charge in [-0.15, -0.1) is 0 Å². The second-order valence-corrected chi connectivity index (χ2v) is 4.38. The van der Waals surface area contributed by atoms with Crippen LogP contribution in [0.2, 0.25) is 0 Å². The lowest BCUT2D eigenvalue weighted by molar-refractivity contribution is 0.0757. The van der Waals surface area contributed by atoms with E-state index >= 15 is 0 Å². The Kier molecular flexibility index (Phi) is 4.79. The van der Waals surface area contributed by atoms with Crippen LogP contribution < -0.4 is 5.73 Å². The van der Waals surface area contributed by atoms with E-state index in [1.165, 1.54) is 5.56 Å². The highest BCUT2D eigenvalue weighted by Gasteiger charge is 2.16. The Balaban J connectivity index is 2.27. The second kappa shape index (κ2) is 5.89. The Morgan fingerprint density at radius 3 is 2.53 bits per heavy atom. The van der Waals surface area contributed by atoms with Gasteiger partial charge in [-0.2, -0.15) is 0 Å². The van der Waals surface area contributed by atoms with E-state index in [9.17, 15) is 0 Å². The maximum absolute atomic E-state index is 6.07. The maximum atomic E-state index is 6.07. The Morgan fingerprint density at radius 1 is 1.27 bits per heavy atom. The van der Waals surface area contributed by atoms with Crippen molar-refractivity contribution in [2.24, 2.45) is 5.73 Å². The average Bonchev–Trinajstić information content (AvgIpc) is 2.19. The minimum Gasteiger partial charge on any atom is -0.375 e. The summed E-state index contributed by atoms with van der Waals surface area (Å²) in [5.74, 6) is 0. The molecule has 2 nitrogen and oxygen atoms in total. The first-order valence-corrected chi connectivity index (χ1v) is 5.54. The van der Waals surface area contributed by atoms with Crippen molar-refractivity contribution in [2.45, 2.75) is 38.8 Å². The number of rotatable bonds is 6. The highest BCUT2D eigenvalue weighted by atomic mass is 16.5. The normalized spacial score (nSPS) is 14.9. The minimum absolute atomic E-state index is 0.191. The molecule has 0 aliphatic carbocycles. The molecule has 0 aromatic heterocycles. The first-order valence-electron chi connectivity index (χ1n) is 5.54. The number of ether oxygens (including phenoxy) is 1. The van der Waals surface area contributed by atoms with Crippen LogP contribution in [0.25, 0.3) is 0 Å². The van der Waals surface area contributed by atoms with E-state index in [2.05, 4.69) is 19.1 Å². The predicted octanol–water partition coefficient (Wildman–Crippen LogP) is 2.72. The van der Waals surface area contributed by atoms with E-state index in [1.54, 1.807) is 0 Å². The molecular formula is C13H21NO. The summed E-state index contributed by atoms with van der Waals surface area (Å²) in [5.41, 5.74) is 7.07. The van der Waals surface area contributed by atoms with Crippen molar-refractivity contribution in [3.63, 3.8) is 0 Å². The largest absolute Gasteiger partial charge is 0.375 e. The minimum atomic E-state index is -0.191. The van der Waals surface area contributed by atoms with Crippen LogP contribution in [0.1, 0.15) is 32.3 Å². The third kappa shape index (κ3) is 4.96. The molecule has 1 aromatic rings. The fraction of sp³-hybridized carbons (Fsp3) is 0.538. The van der Waals surface area contributed by atoms with Gasteiger partial charge < -0.3 is 10.5 Å². The molecule has 0 fully saturated rings. The van der Waals surface area contributed by atoms with Gasteiger partial charge in [-0.25, -0.2) is 0 Å². The average molecular weight is 207 g/mol. The van der Waals surface area contributed by atoms with Gasteiger partial charge in [0.05, 0.1) is 13.2 Å². The van der Waals surface area contributed by atoms with Gasteiger partial charge in [0.1, 0.15) is 0 Å². The van der Waals surface area contributed by atoms with Crippen molar-refractivity contribution in [2.75, 3.05) is 6.61 Å². The predicted molar refractivity (Wildman–Crippen MR) is 63.6 cm³/mol. The molecule has 0 saturated heterocycles. The first kappa shape index (κ1) is 12.2. The summed E-state index contributed by atoms with van der Waals surface area (Å²) >= 11 is 0. The number of hydrogen-bond acceptors (Lipinski definition) is 2.